The third kappa shape index (κ3) is 9.44. The Balaban J connectivity index is 3.12. The fraction of sp³-hybridized carbons (Fsp3) is 0.625. The minimum Gasteiger partial charge on any atom is -0.176 e. The predicted octanol–water partition coefficient (Wildman–Crippen LogP) is 1.76. The Morgan fingerprint density at radius 1 is 0.583 bits per heavy atom. The molecule has 0 amide bonds. The third-order valence-electron chi connectivity index (χ3n) is 5.64. The Morgan fingerprint density at radius 2 is 0.833 bits per heavy atom. The van der Waals surface area contributed by atoms with E-state index in [9.17, 15) is 49.2 Å². The first-order valence-electron chi connectivity index (χ1n) is 10.3. The van der Waals surface area contributed by atoms with Crippen molar-refractivity contribution in [2.24, 2.45) is 0 Å². The van der Waals surface area contributed by atoms with Gasteiger partial charge in [0, 0.05) is 13.1 Å². The van der Waals surface area contributed by atoms with Crippen molar-refractivity contribution in [2.45, 2.75) is 51.1 Å². The molecule has 0 aliphatic carbocycles. The van der Waals surface area contributed by atoms with Gasteiger partial charge in [-0.1, -0.05) is 88.5 Å². The van der Waals surface area contributed by atoms with Crippen LogP contribution < -0.4 is 10.4 Å². The van der Waals surface area contributed by atoms with Crippen LogP contribution in [-0.4, -0.2) is 70.3 Å². The van der Waals surface area contributed by atoms with Crippen LogP contribution in [-0.2, 0) is 41.6 Å². The maximum atomic E-state index is 13.2. The fourth-order valence-electron chi connectivity index (χ4n) is 3.88. The second kappa shape index (κ2) is 11.5. The average Bonchev–Trinajstić information content (AvgIpc) is 2.64. The summed E-state index contributed by atoms with van der Waals surface area (Å²) >= 11 is 0. The van der Waals surface area contributed by atoms with Gasteiger partial charge in [0.1, 0.15) is 0 Å². The first-order chi connectivity index (χ1) is 15.9. The monoisotopic (exact) mass is 636 g/mol. The molecule has 20 heteroatoms. The normalized spacial score (nSPS) is 14.5. The molecule has 10 nitrogen and oxygen atoms in total. The molecule has 1 aromatic carbocycles. The second-order valence-electron chi connectivity index (χ2n) is 9.28. The lowest BCUT2D eigenvalue weighted by molar-refractivity contribution is 0.438. The molecule has 0 fully saturated rings. The Bertz CT molecular complexity index is 1200. The molecule has 1 aromatic rings. The third-order valence-corrected chi connectivity index (χ3v) is 17.7. The van der Waals surface area contributed by atoms with E-state index in [1.807, 2.05) is 26.2 Å². The van der Waals surface area contributed by atoms with Crippen LogP contribution in [0.2, 0.25) is 38.3 Å². The number of hydrogen-bond acceptors (Lipinski definition) is 8. The van der Waals surface area contributed by atoms with Gasteiger partial charge in [0.25, 0.3) is 0 Å². The van der Waals surface area contributed by atoms with Crippen molar-refractivity contribution in [3.63, 3.8) is 0 Å². The van der Waals surface area contributed by atoms with Crippen LogP contribution in [0, 0.1) is 0 Å². The number of nitrogens with zero attached hydrogens (tertiary/aromatic N) is 2. The van der Waals surface area contributed by atoms with E-state index in [-0.39, 0.29) is 24.9 Å². The molecule has 0 N–H and O–H groups in total. The zero-order valence-electron chi connectivity index (χ0n) is 19.9. The molecule has 0 atom stereocenters. The largest absolute Gasteiger partial charge is 0.390 e. The lowest BCUT2D eigenvalue weighted by Gasteiger charge is -2.33. The van der Waals surface area contributed by atoms with Crippen molar-refractivity contribution < 1.29 is 49.2 Å². The van der Waals surface area contributed by atoms with E-state index in [0.717, 1.165) is 10.4 Å². The molecule has 0 radical (unpaired) electrons. The summed E-state index contributed by atoms with van der Waals surface area (Å²) in [4.78, 5) is 0. The zero-order valence-corrected chi connectivity index (χ0v) is 25.1. The van der Waals surface area contributed by atoms with Crippen LogP contribution in [0.25, 0.3) is 0 Å². The van der Waals surface area contributed by atoms with E-state index in [1.165, 1.54) is 0 Å². The standard InChI is InChI=1S/C16H28F4N2O8S4Si2/c1-35(2,13-7-11-21(31(17,23)24)32(18,25)26)15-9-5-6-10-16(15)36(3,4)14-8-12-22(33(19,27)28)34(20,29)30/h5-6,9-10H,7-8,11-14H2,1-4H3. The first-order valence-corrected chi connectivity index (χ1v) is 22.1. The van der Waals surface area contributed by atoms with Gasteiger partial charge in [0.2, 0.25) is 0 Å². The molecule has 0 aliphatic rings. The Hall–Kier alpha value is -0.906. The molecule has 0 heterocycles. The molecule has 0 saturated heterocycles. The SMILES string of the molecule is C[Si](C)(CCCN(S(=O)(=O)F)S(=O)(=O)F)c1ccccc1[Si](C)(C)CCCN(S(=O)(=O)F)S(=O)(=O)F. The van der Waals surface area contributed by atoms with Crippen LogP contribution in [0.15, 0.2) is 24.3 Å². The number of benzene rings is 1. The summed E-state index contributed by atoms with van der Waals surface area (Å²) in [6.07, 6.45) is -0.334. The summed E-state index contributed by atoms with van der Waals surface area (Å²) < 4.78 is 139. The highest BCUT2D eigenvalue weighted by Crippen LogP contribution is 2.21. The van der Waals surface area contributed by atoms with Gasteiger partial charge in [-0.05, 0) is 20.3 Å². The van der Waals surface area contributed by atoms with Gasteiger partial charge in [-0.2, -0.15) is 33.7 Å². The van der Waals surface area contributed by atoms with Crippen LogP contribution in [0.5, 0.6) is 0 Å². The summed E-state index contributed by atoms with van der Waals surface area (Å²) in [6, 6.07) is 7.55. The molecular weight excluding hydrogens is 609 g/mol. The smallest absolute Gasteiger partial charge is 0.176 e. The van der Waals surface area contributed by atoms with E-state index in [2.05, 4.69) is 0 Å². The molecule has 1 rings (SSSR count). The first kappa shape index (κ1) is 33.1. The van der Waals surface area contributed by atoms with Gasteiger partial charge in [-0.15, -0.1) is 0 Å². The maximum absolute atomic E-state index is 13.2. The Labute approximate surface area is 212 Å². The minimum atomic E-state index is -5.83. The molecule has 210 valence electrons. The molecule has 0 aliphatic heterocycles. The summed E-state index contributed by atoms with van der Waals surface area (Å²) in [6.45, 7) is 5.65. The van der Waals surface area contributed by atoms with Crippen molar-refractivity contribution in [1.29, 1.82) is 0 Å². The Morgan fingerprint density at radius 3 is 1.06 bits per heavy atom. The number of hydrogen-bond donors (Lipinski definition) is 0. The summed E-state index contributed by atoms with van der Waals surface area (Å²) in [5.41, 5.74) is 0. The molecule has 0 saturated carbocycles. The molecule has 0 aromatic heterocycles. The van der Waals surface area contributed by atoms with Crippen LogP contribution in [0.3, 0.4) is 0 Å². The highest BCUT2D eigenvalue weighted by Gasteiger charge is 2.38. The van der Waals surface area contributed by atoms with Crippen LogP contribution in [0.4, 0.5) is 15.5 Å². The van der Waals surface area contributed by atoms with E-state index in [0.29, 0.717) is 0 Å². The van der Waals surface area contributed by atoms with E-state index >= 15 is 0 Å². The van der Waals surface area contributed by atoms with Crippen molar-refractivity contribution in [1.82, 2.24) is 7.42 Å². The van der Waals surface area contributed by atoms with Crippen LogP contribution in [0.1, 0.15) is 12.8 Å². The quantitative estimate of drug-likeness (QED) is 0.171. The lowest BCUT2D eigenvalue weighted by Crippen LogP contribution is -2.58. The second-order valence-corrected chi connectivity index (χ2v) is 24.4. The van der Waals surface area contributed by atoms with Gasteiger partial charge in [0.05, 0.1) is 16.1 Å². The molecule has 0 unspecified atom stereocenters. The highest BCUT2D eigenvalue weighted by molar-refractivity contribution is 7.99. The van der Waals surface area contributed by atoms with Gasteiger partial charge < -0.3 is 0 Å². The van der Waals surface area contributed by atoms with Gasteiger partial charge in [-0.3, -0.25) is 0 Å². The van der Waals surface area contributed by atoms with Gasteiger partial charge >= 0.3 is 41.6 Å². The van der Waals surface area contributed by atoms with Gasteiger partial charge in [-0.25, -0.2) is 0 Å². The Kier molecular flexibility index (Phi) is 10.5. The highest BCUT2D eigenvalue weighted by atomic mass is 32.3. The van der Waals surface area contributed by atoms with Crippen LogP contribution >= 0.6 is 0 Å². The molecular formula is C16H28F4N2O8S4Si2. The molecule has 36 heavy (non-hydrogen) atoms. The average molecular weight is 637 g/mol. The number of halogens is 4. The minimum absolute atomic E-state index is 0.167. The fourth-order valence-corrected chi connectivity index (χ4v) is 14.3. The molecule has 0 spiro atoms. The maximum Gasteiger partial charge on any atom is 0.390 e. The lowest BCUT2D eigenvalue weighted by atomic mass is 10.4. The van der Waals surface area contributed by atoms with Crippen molar-refractivity contribution in [3.8, 4) is 0 Å². The van der Waals surface area contributed by atoms with Gasteiger partial charge in [0.15, 0.2) is 0 Å². The van der Waals surface area contributed by atoms with E-state index in [4.69, 9.17) is 0 Å². The van der Waals surface area contributed by atoms with E-state index in [1.54, 1.807) is 24.3 Å². The van der Waals surface area contributed by atoms with Crippen molar-refractivity contribution in [2.75, 3.05) is 13.1 Å². The topological polar surface area (TPSA) is 143 Å². The summed E-state index contributed by atoms with van der Waals surface area (Å²) in [5, 5.41) is 1.74. The molecule has 0 bridgehead atoms. The number of rotatable bonds is 14. The van der Waals surface area contributed by atoms with Crippen molar-refractivity contribution >= 4 is 68.2 Å². The summed E-state index contributed by atoms with van der Waals surface area (Å²) in [5.74, 6) is 0. The predicted molar refractivity (Wildman–Crippen MR) is 133 cm³/mol. The van der Waals surface area contributed by atoms with E-state index < -0.39 is 78.3 Å². The zero-order chi connectivity index (χ0) is 28.4. The van der Waals surface area contributed by atoms with Crippen molar-refractivity contribution in [3.05, 3.63) is 24.3 Å². The summed E-state index contributed by atoms with van der Waals surface area (Å²) in [7, 11) is -28.3.